The maximum absolute atomic E-state index is 12.1. The minimum absolute atomic E-state index is 0.234. The average Bonchev–Trinajstić information content (AvgIpc) is 2.89. The van der Waals surface area contributed by atoms with Crippen LogP contribution in [0.1, 0.15) is 12.0 Å². The summed E-state index contributed by atoms with van der Waals surface area (Å²) in [6.07, 6.45) is 3.28. The summed E-state index contributed by atoms with van der Waals surface area (Å²) in [5, 5.41) is 2.08. The van der Waals surface area contributed by atoms with E-state index in [1.54, 1.807) is 23.7 Å². The number of rotatable bonds is 6. The monoisotopic (exact) mass is 316 g/mol. The van der Waals surface area contributed by atoms with Crippen molar-refractivity contribution in [3.8, 4) is 0 Å². The third kappa shape index (κ3) is 3.92. The molecule has 0 aliphatic carbocycles. The van der Waals surface area contributed by atoms with Crippen LogP contribution in [-0.4, -0.2) is 19.3 Å². The van der Waals surface area contributed by atoms with Crippen molar-refractivity contribution in [2.45, 2.75) is 17.7 Å². The van der Waals surface area contributed by atoms with E-state index in [0.717, 1.165) is 18.4 Å². The zero-order valence-corrected chi connectivity index (χ0v) is 12.4. The average molecular weight is 317 g/mol. The Morgan fingerprint density at radius 1 is 1.26 bits per heavy atom. The quantitative estimate of drug-likeness (QED) is 0.833. The number of thiazole rings is 1. The fourth-order valence-corrected chi connectivity index (χ4v) is 3.48. The maximum Gasteiger partial charge on any atom is 0.263 e. The Labute approximate surface area is 121 Å². The molecule has 102 valence electrons. The number of anilines is 1. The molecule has 0 saturated heterocycles. The van der Waals surface area contributed by atoms with E-state index in [1.165, 1.54) is 11.3 Å². The molecule has 0 fully saturated rings. The number of nitrogens with one attached hydrogen (secondary N) is 1. The van der Waals surface area contributed by atoms with E-state index >= 15 is 0 Å². The summed E-state index contributed by atoms with van der Waals surface area (Å²) in [6, 6.07) is 6.81. The third-order valence-electron chi connectivity index (χ3n) is 2.49. The van der Waals surface area contributed by atoms with Crippen LogP contribution in [0.2, 0.25) is 0 Å². The normalized spacial score (nSPS) is 11.4. The largest absolute Gasteiger partial charge is 0.263 e. The molecule has 1 aromatic carbocycles. The van der Waals surface area contributed by atoms with Crippen LogP contribution in [0.3, 0.4) is 0 Å². The topological polar surface area (TPSA) is 59.1 Å². The summed E-state index contributed by atoms with van der Waals surface area (Å²) in [5.41, 5.74) is 1.08. The van der Waals surface area contributed by atoms with E-state index in [-0.39, 0.29) is 4.90 Å². The van der Waals surface area contributed by atoms with Gasteiger partial charge in [0.25, 0.3) is 10.0 Å². The highest BCUT2D eigenvalue weighted by atomic mass is 35.5. The van der Waals surface area contributed by atoms with E-state index in [2.05, 4.69) is 9.71 Å². The van der Waals surface area contributed by atoms with Crippen molar-refractivity contribution in [1.82, 2.24) is 4.98 Å². The zero-order valence-electron chi connectivity index (χ0n) is 10.0. The number of hydrogen-bond donors (Lipinski definition) is 1. The Hall–Kier alpha value is -1.11. The van der Waals surface area contributed by atoms with Crippen molar-refractivity contribution < 1.29 is 8.42 Å². The van der Waals surface area contributed by atoms with Gasteiger partial charge in [-0.25, -0.2) is 13.4 Å². The summed E-state index contributed by atoms with van der Waals surface area (Å²) in [7, 11) is -3.55. The number of aromatic nitrogens is 1. The molecule has 0 radical (unpaired) electrons. The molecule has 2 rings (SSSR count). The second-order valence-corrected chi connectivity index (χ2v) is 6.83. The number of nitrogens with zero attached hydrogens (tertiary/aromatic N) is 1. The molecule has 0 atom stereocenters. The summed E-state index contributed by atoms with van der Waals surface area (Å²) in [4.78, 5) is 4.13. The molecular weight excluding hydrogens is 304 g/mol. The third-order valence-corrected chi connectivity index (χ3v) is 4.93. The van der Waals surface area contributed by atoms with Crippen molar-refractivity contribution >= 4 is 38.1 Å². The fraction of sp³-hybridized carbons (Fsp3) is 0.250. The van der Waals surface area contributed by atoms with Crippen LogP contribution < -0.4 is 4.72 Å². The summed E-state index contributed by atoms with van der Waals surface area (Å²) in [6.45, 7) is 0. The molecule has 1 aromatic heterocycles. The van der Waals surface area contributed by atoms with Crippen LogP contribution in [0.15, 0.2) is 40.7 Å². The van der Waals surface area contributed by atoms with Gasteiger partial charge >= 0.3 is 0 Å². The Morgan fingerprint density at radius 2 is 2.00 bits per heavy atom. The molecule has 19 heavy (non-hydrogen) atoms. The van der Waals surface area contributed by atoms with Crippen LogP contribution in [0.5, 0.6) is 0 Å². The molecule has 0 aliphatic heterocycles. The number of aryl methyl sites for hydroxylation is 1. The Balaban J connectivity index is 2.12. The van der Waals surface area contributed by atoms with E-state index in [0.29, 0.717) is 11.0 Å². The maximum atomic E-state index is 12.1. The first-order valence-corrected chi connectivity index (χ1v) is 8.59. The van der Waals surface area contributed by atoms with Gasteiger partial charge in [-0.3, -0.25) is 4.72 Å². The van der Waals surface area contributed by atoms with Gasteiger partial charge in [-0.05, 0) is 30.5 Å². The van der Waals surface area contributed by atoms with Gasteiger partial charge in [-0.15, -0.1) is 22.9 Å². The van der Waals surface area contributed by atoms with Gasteiger partial charge in [-0.2, -0.15) is 0 Å². The van der Waals surface area contributed by atoms with Gasteiger partial charge in [0, 0.05) is 17.5 Å². The van der Waals surface area contributed by atoms with E-state index < -0.39 is 10.0 Å². The minimum atomic E-state index is -3.55. The second kappa shape index (κ2) is 6.36. The fourth-order valence-electron chi connectivity index (χ4n) is 1.55. The summed E-state index contributed by atoms with van der Waals surface area (Å²) < 4.78 is 26.6. The Morgan fingerprint density at radius 3 is 2.58 bits per heavy atom. The van der Waals surface area contributed by atoms with E-state index in [4.69, 9.17) is 11.6 Å². The van der Waals surface area contributed by atoms with Gasteiger partial charge < -0.3 is 0 Å². The molecule has 0 unspecified atom stereocenters. The Kier molecular flexibility index (Phi) is 4.79. The molecule has 1 N–H and O–H groups in total. The number of sulfonamides is 1. The molecule has 0 saturated carbocycles. The van der Waals surface area contributed by atoms with Gasteiger partial charge in [-0.1, -0.05) is 12.1 Å². The van der Waals surface area contributed by atoms with Crippen molar-refractivity contribution in [3.63, 3.8) is 0 Å². The Bertz CT molecular complexity index is 610. The number of alkyl halides is 1. The number of hydrogen-bond acceptors (Lipinski definition) is 4. The lowest BCUT2D eigenvalue weighted by Gasteiger charge is -2.06. The lowest BCUT2D eigenvalue weighted by atomic mass is 10.1. The van der Waals surface area contributed by atoms with Gasteiger partial charge in [0.15, 0.2) is 5.13 Å². The van der Waals surface area contributed by atoms with Gasteiger partial charge in [0.05, 0.1) is 4.90 Å². The minimum Gasteiger partial charge on any atom is -0.255 e. The van der Waals surface area contributed by atoms with E-state index in [9.17, 15) is 8.42 Å². The van der Waals surface area contributed by atoms with Crippen molar-refractivity contribution in [2.75, 3.05) is 10.6 Å². The molecule has 7 heteroatoms. The van der Waals surface area contributed by atoms with E-state index in [1.807, 2.05) is 12.1 Å². The van der Waals surface area contributed by atoms with Crippen molar-refractivity contribution in [1.29, 1.82) is 0 Å². The molecule has 0 bridgehead atoms. The SMILES string of the molecule is O=S(=O)(Nc1nccs1)c1ccc(CCCCl)cc1. The molecule has 2 aromatic rings. The first-order valence-electron chi connectivity index (χ1n) is 5.69. The molecule has 1 heterocycles. The lowest BCUT2D eigenvalue weighted by molar-refractivity contribution is 0.601. The number of halogens is 1. The molecule has 0 spiro atoms. The predicted molar refractivity (Wildman–Crippen MR) is 78.4 cm³/mol. The predicted octanol–water partition coefficient (Wildman–Crippen LogP) is 3.12. The highest BCUT2D eigenvalue weighted by Crippen LogP contribution is 2.18. The van der Waals surface area contributed by atoms with Crippen LogP contribution in [0, 0.1) is 0 Å². The number of benzene rings is 1. The standard InChI is InChI=1S/C12H13ClN2O2S2/c13-7-1-2-10-3-5-11(6-4-10)19(16,17)15-12-14-8-9-18-12/h3-6,8-9H,1-2,7H2,(H,14,15). The van der Waals surface area contributed by atoms with Crippen LogP contribution in [0.4, 0.5) is 5.13 Å². The van der Waals surface area contributed by atoms with Crippen molar-refractivity contribution in [3.05, 3.63) is 41.4 Å². The van der Waals surface area contributed by atoms with Gasteiger partial charge in [0.1, 0.15) is 0 Å². The van der Waals surface area contributed by atoms with Gasteiger partial charge in [0.2, 0.25) is 0 Å². The van der Waals surface area contributed by atoms with Crippen LogP contribution in [-0.2, 0) is 16.4 Å². The zero-order chi connectivity index (χ0) is 13.7. The van der Waals surface area contributed by atoms with Crippen LogP contribution in [0.25, 0.3) is 0 Å². The van der Waals surface area contributed by atoms with Crippen molar-refractivity contribution in [2.24, 2.45) is 0 Å². The smallest absolute Gasteiger partial charge is 0.255 e. The first kappa shape index (κ1) is 14.3. The lowest BCUT2D eigenvalue weighted by Crippen LogP contribution is -2.12. The highest BCUT2D eigenvalue weighted by Gasteiger charge is 2.14. The summed E-state index contributed by atoms with van der Waals surface area (Å²) >= 11 is 6.87. The molecule has 4 nitrogen and oxygen atoms in total. The molecule has 0 aliphatic rings. The summed E-state index contributed by atoms with van der Waals surface area (Å²) in [5.74, 6) is 0.603. The first-order chi connectivity index (χ1) is 9.12. The second-order valence-electron chi connectivity index (χ2n) is 3.88. The molecular formula is C12H13ClN2O2S2. The highest BCUT2D eigenvalue weighted by molar-refractivity contribution is 7.93. The molecule has 0 amide bonds. The van der Waals surface area contributed by atoms with Crippen LogP contribution >= 0.6 is 22.9 Å².